The minimum atomic E-state index is -0.361. The Morgan fingerprint density at radius 1 is 1.53 bits per heavy atom. The van der Waals surface area contributed by atoms with Crippen molar-refractivity contribution in [1.29, 1.82) is 0 Å². The zero-order chi connectivity index (χ0) is 13.8. The fourth-order valence-electron chi connectivity index (χ4n) is 2.16. The van der Waals surface area contributed by atoms with Gasteiger partial charge in [0.1, 0.15) is 10.8 Å². The lowest BCUT2D eigenvalue weighted by Gasteiger charge is -2.20. The van der Waals surface area contributed by atoms with Crippen molar-refractivity contribution in [2.75, 3.05) is 19.6 Å². The Morgan fingerprint density at radius 2 is 2.32 bits per heavy atom. The molecule has 2 rings (SSSR count). The second-order valence-corrected chi connectivity index (χ2v) is 5.02. The zero-order valence-corrected chi connectivity index (χ0v) is 11.3. The second kappa shape index (κ2) is 6.08. The molecule has 0 saturated carbocycles. The third-order valence-corrected chi connectivity index (χ3v) is 3.29. The lowest BCUT2D eigenvalue weighted by Crippen LogP contribution is -2.33. The normalized spacial score (nSPS) is 16.8. The summed E-state index contributed by atoms with van der Waals surface area (Å²) in [4.78, 5) is 13.7. The van der Waals surface area contributed by atoms with E-state index in [-0.39, 0.29) is 16.7 Å². The summed E-state index contributed by atoms with van der Waals surface area (Å²) in [5.41, 5.74) is 7.01. The summed E-state index contributed by atoms with van der Waals surface area (Å²) in [6, 6.07) is 4.40. The molecule has 0 aromatic heterocycles. The van der Waals surface area contributed by atoms with E-state index >= 15 is 0 Å². The van der Waals surface area contributed by atoms with Gasteiger partial charge in [-0.05, 0) is 24.1 Å². The lowest BCUT2D eigenvalue weighted by atomic mass is 10.1. The highest BCUT2D eigenvalue weighted by Gasteiger charge is 2.16. The van der Waals surface area contributed by atoms with Crippen LogP contribution < -0.4 is 11.1 Å². The summed E-state index contributed by atoms with van der Waals surface area (Å²) < 4.78 is 13.2. The third-order valence-electron chi connectivity index (χ3n) is 3.07. The minimum Gasteiger partial charge on any atom is -0.389 e. The van der Waals surface area contributed by atoms with Crippen molar-refractivity contribution < 1.29 is 9.18 Å². The summed E-state index contributed by atoms with van der Waals surface area (Å²) in [6.07, 6.45) is 0.898. The molecule has 3 N–H and O–H groups in total. The Labute approximate surface area is 116 Å². The van der Waals surface area contributed by atoms with Crippen molar-refractivity contribution in [3.63, 3.8) is 0 Å². The van der Waals surface area contributed by atoms with Crippen LogP contribution in [0.15, 0.2) is 18.2 Å². The molecule has 6 heteroatoms. The first-order valence-corrected chi connectivity index (χ1v) is 6.54. The molecule has 1 fully saturated rings. The molecule has 0 aliphatic carbocycles. The van der Waals surface area contributed by atoms with Gasteiger partial charge in [-0.3, -0.25) is 9.69 Å². The predicted octanol–water partition coefficient (Wildman–Crippen LogP) is 0.782. The fourth-order valence-corrected chi connectivity index (χ4v) is 2.35. The number of nitrogens with one attached hydrogen (secondary N) is 1. The molecule has 0 radical (unpaired) electrons. The zero-order valence-electron chi connectivity index (χ0n) is 10.5. The molecular formula is C13H16FN3OS. The van der Waals surface area contributed by atoms with Crippen molar-refractivity contribution in [3.8, 4) is 0 Å². The van der Waals surface area contributed by atoms with Crippen LogP contribution in [0.1, 0.15) is 17.5 Å². The van der Waals surface area contributed by atoms with E-state index in [0.29, 0.717) is 25.2 Å². The topological polar surface area (TPSA) is 58.4 Å². The SMILES string of the molecule is NC(=S)c1cc(F)ccc1CN1CCCNC(=O)C1. The van der Waals surface area contributed by atoms with Crippen LogP contribution in [0.2, 0.25) is 0 Å². The number of hydrogen-bond donors (Lipinski definition) is 2. The van der Waals surface area contributed by atoms with E-state index in [2.05, 4.69) is 5.32 Å². The highest BCUT2D eigenvalue weighted by atomic mass is 32.1. The number of nitrogens with zero attached hydrogens (tertiary/aromatic N) is 1. The van der Waals surface area contributed by atoms with Gasteiger partial charge in [-0.15, -0.1) is 0 Å². The van der Waals surface area contributed by atoms with E-state index in [9.17, 15) is 9.18 Å². The maximum Gasteiger partial charge on any atom is 0.234 e. The molecule has 0 spiro atoms. The van der Waals surface area contributed by atoms with Gasteiger partial charge in [-0.1, -0.05) is 18.3 Å². The molecule has 4 nitrogen and oxygen atoms in total. The summed E-state index contributed by atoms with van der Waals surface area (Å²) in [5.74, 6) is -0.350. The van der Waals surface area contributed by atoms with Gasteiger partial charge in [0.2, 0.25) is 5.91 Å². The van der Waals surface area contributed by atoms with Crippen LogP contribution in [0.4, 0.5) is 4.39 Å². The van der Waals surface area contributed by atoms with Gasteiger partial charge in [0, 0.05) is 25.2 Å². The Morgan fingerprint density at radius 3 is 3.05 bits per heavy atom. The van der Waals surface area contributed by atoms with E-state index < -0.39 is 0 Å². The Bertz CT molecular complexity index is 507. The van der Waals surface area contributed by atoms with E-state index in [1.165, 1.54) is 12.1 Å². The predicted molar refractivity (Wildman–Crippen MR) is 75.2 cm³/mol. The fraction of sp³-hybridized carbons (Fsp3) is 0.385. The van der Waals surface area contributed by atoms with Gasteiger partial charge in [0.05, 0.1) is 6.54 Å². The first-order valence-electron chi connectivity index (χ1n) is 6.13. The first-order chi connectivity index (χ1) is 9.06. The molecule has 1 aliphatic heterocycles. The molecular weight excluding hydrogens is 265 g/mol. The van der Waals surface area contributed by atoms with E-state index in [1.54, 1.807) is 6.07 Å². The summed E-state index contributed by atoms with van der Waals surface area (Å²) in [7, 11) is 0. The second-order valence-electron chi connectivity index (χ2n) is 4.58. The molecule has 102 valence electrons. The quantitative estimate of drug-likeness (QED) is 0.804. The van der Waals surface area contributed by atoms with E-state index in [1.807, 2.05) is 4.90 Å². The Hall–Kier alpha value is -1.53. The number of rotatable bonds is 3. The van der Waals surface area contributed by atoms with Crippen LogP contribution in [-0.2, 0) is 11.3 Å². The van der Waals surface area contributed by atoms with Crippen molar-refractivity contribution in [2.24, 2.45) is 5.73 Å². The van der Waals surface area contributed by atoms with Gasteiger partial charge >= 0.3 is 0 Å². The monoisotopic (exact) mass is 281 g/mol. The van der Waals surface area contributed by atoms with E-state index in [4.69, 9.17) is 18.0 Å². The summed E-state index contributed by atoms with van der Waals surface area (Å²) in [5, 5.41) is 2.82. The third kappa shape index (κ3) is 3.71. The van der Waals surface area contributed by atoms with Gasteiger partial charge in [0.25, 0.3) is 0 Å². The summed E-state index contributed by atoms with van der Waals surface area (Å²) in [6.45, 7) is 2.39. The van der Waals surface area contributed by atoms with Crippen molar-refractivity contribution in [2.45, 2.75) is 13.0 Å². The smallest absolute Gasteiger partial charge is 0.234 e. The minimum absolute atomic E-state index is 0.0106. The van der Waals surface area contributed by atoms with Gasteiger partial charge < -0.3 is 11.1 Å². The van der Waals surface area contributed by atoms with Crippen molar-refractivity contribution in [1.82, 2.24) is 10.2 Å². The molecule has 19 heavy (non-hydrogen) atoms. The van der Waals surface area contributed by atoms with Crippen LogP contribution in [-0.4, -0.2) is 35.4 Å². The van der Waals surface area contributed by atoms with Gasteiger partial charge in [-0.2, -0.15) is 0 Å². The van der Waals surface area contributed by atoms with Gasteiger partial charge in [-0.25, -0.2) is 4.39 Å². The number of hydrogen-bond acceptors (Lipinski definition) is 3. The van der Waals surface area contributed by atoms with Crippen LogP contribution >= 0.6 is 12.2 Å². The summed E-state index contributed by atoms with van der Waals surface area (Å²) >= 11 is 4.94. The maximum atomic E-state index is 13.2. The number of amides is 1. The van der Waals surface area contributed by atoms with Gasteiger partial charge in [0.15, 0.2) is 0 Å². The highest BCUT2D eigenvalue weighted by Crippen LogP contribution is 2.14. The average molecular weight is 281 g/mol. The number of benzene rings is 1. The molecule has 0 unspecified atom stereocenters. The molecule has 1 aromatic rings. The van der Waals surface area contributed by atoms with Crippen LogP contribution in [0, 0.1) is 5.82 Å². The standard InChI is InChI=1S/C13H16FN3OS/c14-10-3-2-9(11(6-10)13(15)19)7-17-5-1-4-16-12(18)8-17/h2-3,6H,1,4-5,7-8H2,(H2,15,19)(H,16,18). The number of nitrogens with two attached hydrogens (primary N) is 1. The van der Waals surface area contributed by atoms with Crippen LogP contribution in [0.25, 0.3) is 0 Å². The Balaban J connectivity index is 2.17. The van der Waals surface area contributed by atoms with Crippen molar-refractivity contribution >= 4 is 23.1 Å². The maximum absolute atomic E-state index is 13.2. The number of thiocarbonyl (C=S) groups is 1. The van der Waals surface area contributed by atoms with Crippen LogP contribution in [0.5, 0.6) is 0 Å². The molecule has 0 atom stereocenters. The molecule has 1 aliphatic rings. The molecule has 1 amide bonds. The largest absolute Gasteiger partial charge is 0.389 e. The number of halogens is 1. The number of carbonyl (C=O) groups excluding carboxylic acids is 1. The number of carbonyl (C=O) groups is 1. The molecule has 0 bridgehead atoms. The molecule has 1 heterocycles. The molecule has 1 saturated heterocycles. The lowest BCUT2D eigenvalue weighted by molar-refractivity contribution is -0.121. The Kier molecular flexibility index (Phi) is 4.44. The van der Waals surface area contributed by atoms with E-state index in [0.717, 1.165) is 18.5 Å². The van der Waals surface area contributed by atoms with Crippen LogP contribution in [0.3, 0.4) is 0 Å². The molecule has 1 aromatic carbocycles. The first kappa shape index (κ1) is 13.9. The van der Waals surface area contributed by atoms with Crippen molar-refractivity contribution in [3.05, 3.63) is 35.1 Å². The average Bonchev–Trinajstić information content (AvgIpc) is 2.55. The highest BCUT2D eigenvalue weighted by molar-refractivity contribution is 7.80.